The molecular weight excluding hydrogens is 260 g/mol. The van der Waals surface area contributed by atoms with Gasteiger partial charge in [0.1, 0.15) is 0 Å². The third-order valence-electron chi connectivity index (χ3n) is 3.61. The molecule has 0 saturated heterocycles. The molecule has 0 aliphatic heterocycles. The molecule has 0 amide bonds. The first-order chi connectivity index (χ1) is 8.96. The lowest BCUT2D eigenvalue weighted by molar-refractivity contribution is 0.464. The molecule has 1 N–H and O–H groups in total. The van der Waals surface area contributed by atoms with Crippen molar-refractivity contribution >= 4 is 10.0 Å². The number of sulfonamides is 1. The van der Waals surface area contributed by atoms with E-state index in [9.17, 15) is 8.42 Å². The molecule has 1 aliphatic rings. The molecule has 4 nitrogen and oxygen atoms in total. The Balaban J connectivity index is 2.27. The Labute approximate surface area is 115 Å². The Morgan fingerprint density at radius 1 is 1.42 bits per heavy atom. The van der Waals surface area contributed by atoms with Crippen LogP contribution in [0, 0.1) is 0 Å². The topological polar surface area (TPSA) is 49.4 Å². The molecule has 0 aromatic heterocycles. The van der Waals surface area contributed by atoms with E-state index < -0.39 is 10.0 Å². The highest BCUT2D eigenvalue weighted by atomic mass is 32.2. The van der Waals surface area contributed by atoms with Gasteiger partial charge in [-0.3, -0.25) is 0 Å². The SMILES string of the molecule is CCNC(C)c1cccc(S(=O)(=O)N(C)C2CC2)c1. The number of hydrogen-bond donors (Lipinski definition) is 1. The summed E-state index contributed by atoms with van der Waals surface area (Å²) in [5.74, 6) is 0. The molecule has 5 heteroatoms. The molecular formula is C14H22N2O2S. The van der Waals surface area contributed by atoms with Gasteiger partial charge in [-0.2, -0.15) is 4.31 Å². The van der Waals surface area contributed by atoms with Crippen molar-refractivity contribution in [2.24, 2.45) is 0 Å². The van der Waals surface area contributed by atoms with Gasteiger partial charge < -0.3 is 5.32 Å². The van der Waals surface area contributed by atoms with Gasteiger partial charge in [0.05, 0.1) is 4.90 Å². The molecule has 1 unspecified atom stereocenters. The lowest BCUT2D eigenvalue weighted by atomic mass is 10.1. The lowest BCUT2D eigenvalue weighted by Gasteiger charge is -2.18. The summed E-state index contributed by atoms with van der Waals surface area (Å²) in [5, 5.41) is 3.30. The minimum atomic E-state index is -3.34. The molecule has 0 heterocycles. The van der Waals surface area contributed by atoms with Crippen LogP contribution in [0.15, 0.2) is 29.2 Å². The van der Waals surface area contributed by atoms with Crippen LogP contribution in [0.3, 0.4) is 0 Å². The molecule has 1 fully saturated rings. The lowest BCUT2D eigenvalue weighted by Crippen LogP contribution is -2.29. The second-order valence-electron chi connectivity index (χ2n) is 5.10. The zero-order valence-corrected chi connectivity index (χ0v) is 12.6. The zero-order chi connectivity index (χ0) is 14.0. The highest BCUT2D eigenvalue weighted by molar-refractivity contribution is 7.89. The predicted octanol–water partition coefficient (Wildman–Crippen LogP) is 2.14. The first-order valence-corrected chi connectivity index (χ1v) is 8.22. The standard InChI is InChI=1S/C14H22N2O2S/c1-4-15-11(2)12-6-5-7-14(10-12)19(17,18)16(3)13-8-9-13/h5-7,10-11,13,15H,4,8-9H2,1-3H3. The van der Waals surface area contributed by atoms with Crippen molar-refractivity contribution < 1.29 is 8.42 Å². The maximum absolute atomic E-state index is 12.5. The van der Waals surface area contributed by atoms with E-state index in [2.05, 4.69) is 5.32 Å². The molecule has 1 aromatic rings. The first kappa shape index (κ1) is 14.5. The molecule has 106 valence electrons. The van der Waals surface area contributed by atoms with Gasteiger partial charge in [-0.05, 0) is 44.0 Å². The quantitative estimate of drug-likeness (QED) is 0.869. The van der Waals surface area contributed by atoms with Crippen LogP contribution in [0.5, 0.6) is 0 Å². The van der Waals surface area contributed by atoms with Crippen LogP contribution in [-0.2, 0) is 10.0 Å². The van der Waals surface area contributed by atoms with Crippen molar-refractivity contribution in [3.63, 3.8) is 0 Å². The van der Waals surface area contributed by atoms with Gasteiger partial charge in [0.25, 0.3) is 0 Å². The summed E-state index contributed by atoms with van der Waals surface area (Å²) in [6.07, 6.45) is 1.95. The fraction of sp³-hybridized carbons (Fsp3) is 0.571. The summed E-state index contributed by atoms with van der Waals surface area (Å²) in [6.45, 7) is 4.94. The van der Waals surface area contributed by atoms with E-state index in [1.165, 1.54) is 4.31 Å². The van der Waals surface area contributed by atoms with Crippen molar-refractivity contribution in [2.75, 3.05) is 13.6 Å². The van der Waals surface area contributed by atoms with E-state index >= 15 is 0 Å². The maximum Gasteiger partial charge on any atom is 0.243 e. The maximum atomic E-state index is 12.5. The monoisotopic (exact) mass is 282 g/mol. The minimum absolute atomic E-state index is 0.159. The van der Waals surface area contributed by atoms with E-state index in [4.69, 9.17) is 0 Å². The number of nitrogens with one attached hydrogen (secondary N) is 1. The minimum Gasteiger partial charge on any atom is -0.310 e. The van der Waals surface area contributed by atoms with Crippen LogP contribution >= 0.6 is 0 Å². The Kier molecular flexibility index (Phi) is 4.28. The van der Waals surface area contributed by atoms with Gasteiger partial charge in [-0.25, -0.2) is 8.42 Å². The smallest absolute Gasteiger partial charge is 0.243 e. The number of benzene rings is 1. The van der Waals surface area contributed by atoms with Crippen LogP contribution in [0.1, 0.15) is 38.3 Å². The van der Waals surface area contributed by atoms with Gasteiger partial charge in [0.2, 0.25) is 10.0 Å². The van der Waals surface area contributed by atoms with Crippen LogP contribution in [0.4, 0.5) is 0 Å². The van der Waals surface area contributed by atoms with Crippen molar-refractivity contribution in [3.05, 3.63) is 29.8 Å². The molecule has 0 spiro atoms. The fourth-order valence-electron chi connectivity index (χ4n) is 2.17. The average molecular weight is 282 g/mol. The molecule has 2 rings (SSSR count). The molecule has 0 bridgehead atoms. The number of rotatable bonds is 6. The highest BCUT2D eigenvalue weighted by Crippen LogP contribution is 2.30. The van der Waals surface area contributed by atoms with Crippen molar-refractivity contribution in [1.29, 1.82) is 0 Å². The summed E-state index contributed by atoms with van der Waals surface area (Å²) in [6, 6.07) is 7.59. The third-order valence-corrected chi connectivity index (χ3v) is 5.51. The predicted molar refractivity (Wildman–Crippen MR) is 76.5 cm³/mol. The molecule has 1 aromatic carbocycles. The summed E-state index contributed by atoms with van der Waals surface area (Å²) >= 11 is 0. The molecule has 19 heavy (non-hydrogen) atoms. The summed E-state index contributed by atoms with van der Waals surface area (Å²) < 4.78 is 26.4. The van der Waals surface area contributed by atoms with E-state index in [0.29, 0.717) is 4.90 Å². The zero-order valence-electron chi connectivity index (χ0n) is 11.8. The van der Waals surface area contributed by atoms with Crippen LogP contribution in [0.25, 0.3) is 0 Å². The van der Waals surface area contributed by atoms with Crippen molar-refractivity contribution in [1.82, 2.24) is 9.62 Å². The number of hydrogen-bond acceptors (Lipinski definition) is 3. The Morgan fingerprint density at radius 3 is 2.68 bits per heavy atom. The molecule has 1 saturated carbocycles. The molecule has 1 aliphatic carbocycles. The van der Waals surface area contributed by atoms with E-state index in [0.717, 1.165) is 24.9 Å². The first-order valence-electron chi connectivity index (χ1n) is 6.78. The Hall–Kier alpha value is -0.910. The molecule has 0 radical (unpaired) electrons. The second-order valence-corrected chi connectivity index (χ2v) is 7.10. The Morgan fingerprint density at radius 2 is 2.11 bits per heavy atom. The molecule has 1 atom stereocenters. The fourth-order valence-corrected chi connectivity index (χ4v) is 3.64. The summed E-state index contributed by atoms with van der Waals surface area (Å²) in [7, 11) is -1.67. The van der Waals surface area contributed by atoms with Crippen LogP contribution < -0.4 is 5.32 Å². The van der Waals surface area contributed by atoms with Gasteiger partial charge in [-0.15, -0.1) is 0 Å². The van der Waals surface area contributed by atoms with Crippen LogP contribution in [-0.4, -0.2) is 32.4 Å². The Bertz CT molecular complexity index is 538. The van der Waals surface area contributed by atoms with E-state index in [1.807, 2.05) is 26.0 Å². The van der Waals surface area contributed by atoms with Crippen LogP contribution in [0.2, 0.25) is 0 Å². The largest absolute Gasteiger partial charge is 0.310 e. The van der Waals surface area contributed by atoms with Crippen molar-refractivity contribution in [3.8, 4) is 0 Å². The normalized spacial score (nSPS) is 17.7. The van der Waals surface area contributed by atoms with Gasteiger partial charge in [0, 0.05) is 19.1 Å². The third kappa shape index (κ3) is 3.16. The summed E-state index contributed by atoms with van der Waals surface area (Å²) in [4.78, 5) is 0.393. The van der Waals surface area contributed by atoms with E-state index in [1.54, 1.807) is 19.2 Å². The number of nitrogens with zero attached hydrogens (tertiary/aromatic N) is 1. The van der Waals surface area contributed by atoms with Gasteiger partial charge in [0.15, 0.2) is 0 Å². The highest BCUT2D eigenvalue weighted by Gasteiger charge is 2.35. The summed E-state index contributed by atoms with van der Waals surface area (Å²) in [5.41, 5.74) is 1.01. The van der Waals surface area contributed by atoms with Gasteiger partial charge >= 0.3 is 0 Å². The van der Waals surface area contributed by atoms with Crippen molar-refractivity contribution in [2.45, 2.75) is 43.7 Å². The van der Waals surface area contributed by atoms with E-state index in [-0.39, 0.29) is 12.1 Å². The average Bonchev–Trinajstić information content (AvgIpc) is 3.22. The van der Waals surface area contributed by atoms with Gasteiger partial charge in [-0.1, -0.05) is 19.1 Å². The second kappa shape index (κ2) is 5.61.